The van der Waals surface area contributed by atoms with E-state index in [9.17, 15) is 0 Å². The lowest BCUT2D eigenvalue weighted by Crippen LogP contribution is -2.15. The molecule has 0 saturated carbocycles. The van der Waals surface area contributed by atoms with Crippen molar-refractivity contribution in [1.82, 2.24) is 24.9 Å². The van der Waals surface area contributed by atoms with E-state index < -0.39 is 0 Å². The Morgan fingerprint density at radius 2 is 1.76 bits per heavy atom. The molecule has 7 heteroatoms. The number of rotatable bonds is 3. The third-order valence-corrected chi connectivity index (χ3v) is 2.07. The number of aromatic nitrogens is 5. The lowest BCUT2D eigenvalue weighted by Gasteiger charge is -2.12. The van der Waals surface area contributed by atoms with Crippen LogP contribution in [0.1, 0.15) is 0 Å². The molecule has 2 aromatic rings. The summed E-state index contributed by atoms with van der Waals surface area (Å²) in [4.78, 5) is 22.5. The van der Waals surface area contributed by atoms with Gasteiger partial charge in [-0.3, -0.25) is 0 Å². The van der Waals surface area contributed by atoms with Crippen molar-refractivity contribution in [1.29, 1.82) is 0 Å². The second kappa shape index (κ2) is 4.69. The van der Waals surface area contributed by atoms with E-state index in [2.05, 4.69) is 30.2 Å². The van der Waals surface area contributed by atoms with Crippen LogP contribution in [0.3, 0.4) is 0 Å². The SMILES string of the molecule is CNc1nc(-c2cncnc2)nc(N(C)C)n1. The zero-order valence-corrected chi connectivity index (χ0v) is 9.92. The number of anilines is 2. The number of hydrogen-bond acceptors (Lipinski definition) is 7. The van der Waals surface area contributed by atoms with Gasteiger partial charge < -0.3 is 10.2 Å². The molecule has 17 heavy (non-hydrogen) atoms. The summed E-state index contributed by atoms with van der Waals surface area (Å²) in [7, 11) is 5.51. The third kappa shape index (κ3) is 2.44. The van der Waals surface area contributed by atoms with Crippen LogP contribution >= 0.6 is 0 Å². The molecule has 0 bridgehead atoms. The van der Waals surface area contributed by atoms with Crippen LogP contribution in [0.15, 0.2) is 18.7 Å². The quantitative estimate of drug-likeness (QED) is 0.820. The smallest absolute Gasteiger partial charge is 0.230 e. The molecule has 0 unspecified atom stereocenters. The maximum Gasteiger partial charge on any atom is 0.230 e. The van der Waals surface area contributed by atoms with E-state index in [0.717, 1.165) is 5.56 Å². The largest absolute Gasteiger partial charge is 0.357 e. The highest BCUT2D eigenvalue weighted by Crippen LogP contribution is 2.16. The van der Waals surface area contributed by atoms with Gasteiger partial charge in [-0.05, 0) is 0 Å². The maximum atomic E-state index is 4.33. The highest BCUT2D eigenvalue weighted by atomic mass is 15.3. The molecule has 0 atom stereocenters. The summed E-state index contributed by atoms with van der Waals surface area (Å²) < 4.78 is 0. The van der Waals surface area contributed by atoms with Gasteiger partial charge in [0.1, 0.15) is 6.33 Å². The molecule has 0 amide bonds. The van der Waals surface area contributed by atoms with Crippen LogP contribution in [0.2, 0.25) is 0 Å². The van der Waals surface area contributed by atoms with Gasteiger partial charge in [0, 0.05) is 33.5 Å². The predicted molar refractivity (Wildman–Crippen MR) is 64.7 cm³/mol. The van der Waals surface area contributed by atoms with Gasteiger partial charge in [0.2, 0.25) is 11.9 Å². The Hall–Kier alpha value is -2.31. The Bertz CT molecular complexity index is 497. The lowest BCUT2D eigenvalue weighted by atomic mass is 10.3. The fourth-order valence-electron chi connectivity index (χ4n) is 1.22. The molecule has 7 nitrogen and oxygen atoms in total. The average Bonchev–Trinajstić information content (AvgIpc) is 2.39. The minimum atomic E-state index is 0.516. The molecular formula is C10H13N7. The van der Waals surface area contributed by atoms with E-state index in [4.69, 9.17) is 0 Å². The monoisotopic (exact) mass is 231 g/mol. The van der Waals surface area contributed by atoms with Gasteiger partial charge in [0.25, 0.3) is 0 Å². The summed E-state index contributed by atoms with van der Waals surface area (Å²) in [6.45, 7) is 0. The predicted octanol–water partition coefficient (Wildman–Crippen LogP) is 0.436. The summed E-state index contributed by atoms with van der Waals surface area (Å²) >= 11 is 0. The second-order valence-electron chi connectivity index (χ2n) is 3.55. The maximum absolute atomic E-state index is 4.33. The van der Waals surface area contributed by atoms with Crippen molar-refractivity contribution in [2.75, 3.05) is 31.4 Å². The topological polar surface area (TPSA) is 79.7 Å². The zero-order chi connectivity index (χ0) is 12.3. The van der Waals surface area contributed by atoms with E-state index in [0.29, 0.717) is 17.7 Å². The summed E-state index contributed by atoms with van der Waals surface area (Å²) in [5, 5.41) is 2.90. The van der Waals surface area contributed by atoms with E-state index in [1.165, 1.54) is 6.33 Å². The molecule has 2 heterocycles. The van der Waals surface area contributed by atoms with Crippen molar-refractivity contribution >= 4 is 11.9 Å². The van der Waals surface area contributed by atoms with Crippen molar-refractivity contribution in [2.24, 2.45) is 0 Å². The zero-order valence-electron chi connectivity index (χ0n) is 9.92. The molecule has 0 saturated heterocycles. The Labute approximate surface area is 99.0 Å². The Kier molecular flexibility index (Phi) is 3.08. The van der Waals surface area contributed by atoms with Crippen LogP contribution in [0.5, 0.6) is 0 Å². The van der Waals surface area contributed by atoms with E-state index in [1.54, 1.807) is 19.4 Å². The first-order valence-corrected chi connectivity index (χ1v) is 5.07. The summed E-state index contributed by atoms with van der Waals surface area (Å²) in [6.07, 6.45) is 4.80. The Morgan fingerprint density at radius 3 is 2.35 bits per heavy atom. The van der Waals surface area contributed by atoms with E-state index >= 15 is 0 Å². The molecule has 0 aliphatic carbocycles. The molecule has 0 radical (unpaired) electrons. The van der Waals surface area contributed by atoms with Crippen molar-refractivity contribution in [3.05, 3.63) is 18.7 Å². The van der Waals surface area contributed by atoms with Crippen molar-refractivity contribution < 1.29 is 0 Å². The average molecular weight is 231 g/mol. The normalized spacial score (nSPS) is 10.1. The first kappa shape index (κ1) is 11.2. The molecule has 2 rings (SSSR count). The summed E-state index contributed by atoms with van der Waals surface area (Å²) in [6, 6.07) is 0. The standard InChI is InChI=1S/C10H13N7/c1-11-9-14-8(7-4-12-6-13-5-7)15-10(16-9)17(2)3/h4-6H,1-3H3,(H,11,14,15,16). The molecular weight excluding hydrogens is 218 g/mol. The molecule has 0 aromatic carbocycles. The number of hydrogen-bond donors (Lipinski definition) is 1. The number of nitrogens with one attached hydrogen (secondary N) is 1. The molecule has 1 N–H and O–H groups in total. The molecule has 2 aromatic heterocycles. The highest BCUT2D eigenvalue weighted by molar-refractivity contribution is 5.55. The Balaban J connectivity index is 2.50. The van der Waals surface area contributed by atoms with Gasteiger partial charge in [-0.1, -0.05) is 0 Å². The van der Waals surface area contributed by atoms with Gasteiger partial charge in [-0.15, -0.1) is 0 Å². The van der Waals surface area contributed by atoms with Crippen molar-refractivity contribution in [2.45, 2.75) is 0 Å². The lowest BCUT2D eigenvalue weighted by molar-refractivity contribution is 0.960. The Morgan fingerprint density at radius 1 is 1.06 bits per heavy atom. The van der Waals surface area contributed by atoms with Crippen LogP contribution < -0.4 is 10.2 Å². The second-order valence-corrected chi connectivity index (χ2v) is 3.55. The molecule has 0 aliphatic heterocycles. The first-order chi connectivity index (χ1) is 8.20. The van der Waals surface area contributed by atoms with Crippen LogP contribution in [0.25, 0.3) is 11.4 Å². The number of nitrogens with zero attached hydrogens (tertiary/aromatic N) is 6. The minimum Gasteiger partial charge on any atom is -0.357 e. The molecule has 88 valence electrons. The highest BCUT2D eigenvalue weighted by Gasteiger charge is 2.09. The van der Waals surface area contributed by atoms with Gasteiger partial charge >= 0.3 is 0 Å². The molecule has 0 fully saturated rings. The van der Waals surface area contributed by atoms with Crippen LogP contribution in [-0.2, 0) is 0 Å². The summed E-state index contributed by atoms with van der Waals surface area (Å²) in [5.74, 6) is 1.65. The van der Waals surface area contributed by atoms with Gasteiger partial charge in [-0.25, -0.2) is 9.97 Å². The van der Waals surface area contributed by atoms with Gasteiger partial charge in [0.15, 0.2) is 5.82 Å². The fraction of sp³-hybridized carbons (Fsp3) is 0.300. The van der Waals surface area contributed by atoms with Crippen LogP contribution in [0, 0.1) is 0 Å². The molecule has 0 aliphatic rings. The molecule has 0 spiro atoms. The summed E-state index contributed by atoms with van der Waals surface area (Å²) in [5.41, 5.74) is 0.759. The van der Waals surface area contributed by atoms with Crippen LogP contribution in [0.4, 0.5) is 11.9 Å². The van der Waals surface area contributed by atoms with Gasteiger partial charge in [-0.2, -0.15) is 15.0 Å². The first-order valence-electron chi connectivity index (χ1n) is 5.07. The third-order valence-electron chi connectivity index (χ3n) is 2.07. The van der Waals surface area contributed by atoms with Crippen molar-refractivity contribution in [3.63, 3.8) is 0 Å². The van der Waals surface area contributed by atoms with Crippen LogP contribution in [-0.4, -0.2) is 46.1 Å². The minimum absolute atomic E-state index is 0.516. The van der Waals surface area contributed by atoms with Crippen molar-refractivity contribution in [3.8, 4) is 11.4 Å². The van der Waals surface area contributed by atoms with Gasteiger partial charge in [0.05, 0.1) is 5.56 Å². The van der Waals surface area contributed by atoms with E-state index in [-0.39, 0.29) is 0 Å². The van der Waals surface area contributed by atoms with E-state index in [1.807, 2.05) is 19.0 Å². The fourth-order valence-corrected chi connectivity index (χ4v) is 1.22.